The SMILES string of the molecule is CC1CCN(c2ccc([N+](=O)[O-])cc2C=Nc2sc3c(c2C(=O)Nc2ccc(Cl)cc2)CC[C@H](C(C)(C)C)C3)CC1. The van der Waals surface area contributed by atoms with Crippen LogP contribution in [0.1, 0.15) is 73.3 Å². The van der Waals surface area contributed by atoms with Gasteiger partial charge in [0.15, 0.2) is 0 Å². The second-order valence-corrected chi connectivity index (χ2v) is 13.9. The average Bonchev–Trinajstić information content (AvgIpc) is 3.31. The minimum Gasteiger partial charge on any atom is -0.371 e. The number of anilines is 2. The minimum atomic E-state index is -0.374. The van der Waals surface area contributed by atoms with Crippen LogP contribution in [0.25, 0.3) is 0 Å². The van der Waals surface area contributed by atoms with Crippen molar-refractivity contribution in [1.82, 2.24) is 0 Å². The molecule has 9 heteroatoms. The van der Waals surface area contributed by atoms with Gasteiger partial charge in [0.25, 0.3) is 11.6 Å². The van der Waals surface area contributed by atoms with E-state index in [0.717, 1.165) is 56.4 Å². The third kappa shape index (κ3) is 6.65. The van der Waals surface area contributed by atoms with Crippen LogP contribution >= 0.6 is 22.9 Å². The van der Waals surface area contributed by atoms with Crippen molar-refractivity contribution in [1.29, 1.82) is 0 Å². The van der Waals surface area contributed by atoms with Gasteiger partial charge in [-0.05, 0) is 85.3 Å². The number of carbonyl (C=O) groups excluding carboxylic acids is 1. The quantitative estimate of drug-likeness (QED) is 0.176. The molecular formula is C32H37ClN4O3S. The van der Waals surface area contributed by atoms with Crippen LogP contribution in [0.5, 0.6) is 0 Å². The van der Waals surface area contributed by atoms with Gasteiger partial charge < -0.3 is 10.2 Å². The number of amides is 1. The van der Waals surface area contributed by atoms with Gasteiger partial charge in [-0.25, -0.2) is 4.99 Å². The maximum atomic E-state index is 13.7. The fourth-order valence-corrected chi connectivity index (χ4v) is 7.18. The van der Waals surface area contributed by atoms with E-state index in [1.165, 1.54) is 4.88 Å². The lowest BCUT2D eigenvalue weighted by Crippen LogP contribution is -2.33. The van der Waals surface area contributed by atoms with Gasteiger partial charge in [0, 0.05) is 58.3 Å². The molecule has 216 valence electrons. The predicted molar refractivity (Wildman–Crippen MR) is 170 cm³/mol. The highest BCUT2D eigenvalue weighted by Crippen LogP contribution is 2.45. The summed E-state index contributed by atoms with van der Waals surface area (Å²) in [6.07, 6.45) is 6.61. The number of nitrogens with zero attached hydrogens (tertiary/aromatic N) is 3. The summed E-state index contributed by atoms with van der Waals surface area (Å²) in [6, 6.07) is 12.0. The number of fused-ring (bicyclic) bond motifs is 1. The summed E-state index contributed by atoms with van der Waals surface area (Å²) in [5.74, 6) is 0.982. The largest absolute Gasteiger partial charge is 0.371 e. The molecule has 0 bridgehead atoms. The Morgan fingerprint density at radius 1 is 1.15 bits per heavy atom. The molecule has 1 aromatic heterocycles. The van der Waals surface area contributed by atoms with Crippen molar-refractivity contribution >= 4 is 57.1 Å². The molecule has 41 heavy (non-hydrogen) atoms. The van der Waals surface area contributed by atoms with E-state index < -0.39 is 0 Å². The van der Waals surface area contributed by atoms with Gasteiger partial charge in [-0.3, -0.25) is 14.9 Å². The molecule has 3 aromatic rings. The number of nitrogens with one attached hydrogen (secondary N) is 1. The number of aliphatic imine (C=N–C) groups is 1. The molecule has 1 atom stereocenters. The zero-order chi connectivity index (χ0) is 29.3. The number of hydrogen-bond acceptors (Lipinski definition) is 6. The maximum absolute atomic E-state index is 13.7. The van der Waals surface area contributed by atoms with Gasteiger partial charge in [-0.1, -0.05) is 39.3 Å². The second-order valence-electron chi connectivity index (χ2n) is 12.4. The Hall–Kier alpha value is -3.23. The van der Waals surface area contributed by atoms with E-state index in [0.29, 0.717) is 38.7 Å². The summed E-state index contributed by atoms with van der Waals surface area (Å²) >= 11 is 7.62. The first-order valence-corrected chi connectivity index (χ1v) is 15.5. The summed E-state index contributed by atoms with van der Waals surface area (Å²) in [5.41, 5.74) is 4.16. The molecule has 0 unspecified atom stereocenters. The fraction of sp³-hybridized carbons (Fsp3) is 0.438. The fourth-order valence-electron chi connectivity index (χ4n) is 5.79. The van der Waals surface area contributed by atoms with E-state index in [9.17, 15) is 14.9 Å². The van der Waals surface area contributed by atoms with Crippen molar-refractivity contribution in [2.45, 2.75) is 59.8 Å². The van der Waals surface area contributed by atoms with Crippen molar-refractivity contribution in [3.8, 4) is 0 Å². The highest BCUT2D eigenvalue weighted by Gasteiger charge is 2.34. The van der Waals surface area contributed by atoms with Crippen LogP contribution in [0, 0.1) is 27.4 Å². The van der Waals surface area contributed by atoms with Crippen molar-refractivity contribution in [2.24, 2.45) is 22.2 Å². The van der Waals surface area contributed by atoms with Crippen LogP contribution < -0.4 is 10.2 Å². The number of thiophene rings is 1. The van der Waals surface area contributed by atoms with E-state index in [4.69, 9.17) is 16.6 Å². The van der Waals surface area contributed by atoms with Gasteiger partial charge in [-0.15, -0.1) is 11.3 Å². The van der Waals surface area contributed by atoms with E-state index >= 15 is 0 Å². The first-order chi connectivity index (χ1) is 19.5. The average molecular weight is 593 g/mol. The third-order valence-electron chi connectivity index (χ3n) is 8.47. The Kier molecular flexibility index (Phi) is 8.52. The topological polar surface area (TPSA) is 87.8 Å². The normalized spacial score (nSPS) is 18.0. The molecule has 1 saturated heterocycles. The lowest BCUT2D eigenvalue weighted by molar-refractivity contribution is -0.384. The van der Waals surface area contributed by atoms with E-state index in [1.54, 1.807) is 53.9 Å². The van der Waals surface area contributed by atoms with Crippen LogP contribution in [-0.2, 0) is 12.8 Å². The molecule has 0 saturated carbocycles. The van der Waals surface area contributed by atoms with Crippen molar-refractivity contribution in [3.05, 3.63) is 79.2 Å². The van der Waals surface area contributed by atoms with Gasteiger partial charge in [-0.2, -0.15) is 0 Å². The molecule has 1 fully saturated rings. The number of halogens is 1. The monoisotopic (exact) mass is 592 g/mol. The lowest BCUT2D eigenvalue weighted by Gasteiger charge is -2.33. The smallest absolute Gasteiger partial charge is 0.270 e. The van der Waals surface area contributed by atoms with Crippen LogP contribution in [-0.4, -0.2) is 30.1 Å². The Balaban J connectivity index is 1.53. The van der Waals surface area contributed by atoms with E-state index in [-0.39, 0.29) is 21.9 Å². The first kappa shape index (κ1) is 29.3. The number of non-ortho nitro benzene ring substituents is 1. The zero-order valence-electron chi connectivity index (χ0n) is 24.1. The Morgan fingerprint density at radius 2 is 1.85 bits per heavy atom. The molecule has 5 rings (SSSR count). The van der Waals surface area contributed by atoms with Gasteiger partial charge in [0.05, 0.1) is 10.5 Å². The summed E-state index contributed by atoms with van der Waals surface area (Å²) in [4.78, 5) is 33.3. The Labute approximate surface area is 250 Å². The van der Waals surface area contributed by atoms with Crippen LogP contribution in [0.15, 0.2) is 47.5 Å². The number of piperidine rings is 1. The highest BCUT2D eigenvalue weighted by molar-refractivity contribution is 7.16. The number of nitro benzene ring substituents is 1. The van der Waals surface area contributed by atoms with E-state index in [2.05, 4.69) is 37.9 Å². The first-order valence-electron chi connectivity index (χ1n) is 14.3. The molecule has 1 aliphatic carbocycles. The summed E-state index contributed by atoms with van der Waals surface area (Å²) < 4.78 is 0. The highest BCUT2D eigenvalue weighted by atomic mass is 35.5. The van der Waals surface area contributed by atoms with Gasteiger partial charge in [0.1, 0.15) is 5.00 Å². The van der Waals surface area contributed by atoms with Crippen molar-refractivity contribution in [3.63, 3.8) is 0 Å². The third-order valence-corrected chi connectivity index (χ3v) is 9.88. The molecule has 0 radical (unpaired) electrons. The van der Waals surface area contributed by atoms with Crippen LogP contribution in [0.2, 0.25) is 5.02 Å². The second kappa shape index (κ2) is 11.9. The molecule has 1 N–H and O–H groups in total. The maximum Gasteiger partial charge on any atom is 0.270 e. The molecule has 2 heterocycles. The minimum absolute atomic E-state index is 0.0276. The van der Waals surface area contributed by atoms with Crippen LogP contribution in [0.4, 0.5) is 22.1 Å². The van der Waals surface area contributed by atoms with Gasteiger partial charge in [0.2, 0.25) is 0 Å². The molecule has 2 aromatic carbocycles. The number of nitro groups is 1. The summed E-state index contributed by atoms with van der Waals surface area (Å²) in [7, 11) is 0. The Bertz CT molecular complexity index is 1470. The molecule has 1 aliphatic heterocycles. The number of hydrogen-bond donors (Lipinski definition) is 1. The standard InChI is InChI=1S/C32H37ClN4O3S/c1-20-13-15-36(16-14-20)27-12-10-25(37(39)40)17-21(27)19-34-31-29(30(38)35-24-8-6-23(33)7-9-24)26-11-5-22(32(2,3)4)18-28(26)41-31/h6-10,12,17,19-20,22H,5,11,13-16,18H2,1-4H3,(H,35,38)/t22-/m0/s1. The predicted octanol–water partition coefficient (Wildman–Crippen LogP) is 8.70. The molecule has 0 spiro atoms. The summed E-state index contributed by atoms with van der Waals surface area (Å²) in [5, 5.41) is 15.9. The molecule has 7 nitrogen and oxygen atoms in total. The zero-order valence-corrected chi connectivity index (χ0v) is 25.6. The van der Waals surface area contributed by atoms with Gasteiger partial charge >= 0.3 is 0 Å². The summed E-state index contributed by atoms with van der Waals surface area (Å²) in [6.45, 7) is 10.9. The molecular weight excluding hydrogens is 556 g/mol. The Morgan fingerprint density at radius 3 is 2.51 bits per heavy atom. The van der Waals surface area contributed by atoms with Crippen molar-refractivity contribution in [2.75, 3.05) is 23.3 Å². The lowest BCUT2D eigenvalue weighted by atomic mass is 9.72. The number of rotatable bonds is 6. The molecule has 2 aliphatic rings. The van der Waals surface area contributed by atoms with E-state index in [1.807, 2.05) is 6.07 Å². The number of carbonyl (C=O) groups is 1. The molecule has 1 amide bonds. The number of benzene rings is 2. The van der Waals surface area contributed by atoms with Crippen LogP contribution in [0.3, 0.4) is 0 Å². The van der Waals surface area contributed by atoms with Crippen molar-refractivity contribution < 1.29 is 9.72 Å².